The first-order chi connectivity index (χ1) is 6.37. The summed E-state index contributed by atoms with van der Waals surface area (Å²) in [5, 5.41) is 11.8. The number of aliphatic hydroxyl groups is 1. The topological polar surface area (TPSA) is 58.6 Å². The Morgan fingerprint density at radius 3 is 2.57 bits per heavy atom. The minimum atomic E-state index is -0.481. The molecule has 0 saturated carbocycles. The second-order valence-corrected chi connectivity index (χ2v) is 4.44. The zero-order valence-electron chi connectivity index (χ0n) is 8.78. The van der Waals surface area contributed by atoms with Crippen molar-refractivity contribution in [1.29, 1.82) is 0 Å². The van der Waals surface area contributed by atoms with E-state index in [2.05, 4.69) is 5.32 Å². The maximum absolute atomic E-state index is 11.3. The summed E-state index contributed by atoms with van der Waals surface area (Å²) in [6.45, 7) is 5.43. The molecule has 1 aliphatic rings. The highest BCUT2D eigenvalue weighted by Crippen LogP contribution is 2.12. The summed E-state index contributed by atoms with van der Waals surface area (Å²) < 4.78 is 5.07. The number of amides is 1. The van der Waals surface area contributed by atoms with Gasteiger partial charge in [-0.2, -0.15) is 0 Å². The average Bonchev–Trinajstić information content (AvgIpc) is 2.30. The maximum atomic E-state index is 11.3. The summed E-state index contributed by atoms with van der Waals surface area (Å²) in [4.78, 5) is 11.3. The molecule has 2 N–H and O–H groups in total. The van der Waals surface area contributed by atoms with Gasteiger partial charge in [0.1, 0.15) is 5.60 Å². The van der Waals surface area contributed by atoms with E-state index in [-0.39, 0.29) is 6.04 Å². The van der Waals surface area contributed by atoms with E-state index in [0.29, 0.717) is 6.42 Å². The van der Waals surface area contributed by atoms with Crippen molar-refractivity contribution < 1.29 is 14.6 Å². The Labute approximate surface area is 83.9 Å². The fourth-order valence-electron chi connectivity index (χ4n) is 1.25. The van der Waals surface area contributed by atoms with Crippen LogP contribution in [0.5, 0.6) is 0 Å². The van der Waals surface area contributed by atoms with E-state index >= 15 is 0 Å². The highest BCUT2D eigenvalue weighted by Gasteiger charge is 2.21. The number of alkyl carbamates (subject to hydrolysis) is 1. The molecule has 0 aromatic heterocycles. The quantitative estimate of drug-likeness (QED) is 0.624. The summed E-state index contributed by atoms with van der Waals surface area (Å²) in [7, 11) is 0. The van der Waals surface area contributed by atoms with Crippen LogP contribution in [0.15, 0.2) is 12.2 Å². The van der Waals surface area contributed by atoms with Crippen molar-refractivity contribution >= 4 is 6.09 Å². The minimum Gasteiger partial charge on any atom is -0.444 e. The molecule has 0 aliphatic heterocycles. The largest absolute Gasteiger partial charge is 0.444 e. The fourth-order valence-corrected chi connectivity index (χ4v) is 1.25. The molecular weight excluding hydrogens is 182 g/mol. The Bertz CT molecular complexity index is 242. The van der Waals surface area contributed by atoms with Crippen molar-refractivity contribution in [2.75, 3.05) is 0 Å². The van der Waals surface area contributed by atoms with Crippen molar-refractivity contribution in [3.63, 3.8) is 0 Å². The van der Waals surface area contributed by atoms with E-state index < -0.39 is 17.8 Å². The van der Waals surface area contributed by atoms with Crippen molar-refractivity contribution in [3.8, 4) is 0 Å². The van der Waals surface area contributed by atoms with Gasteiger partial charge in [0.15, 0.2) is 0 Å². The molecule has 0 aromatic rings. The number of hydrogen-bond acceptors (Lipinski definition) is 3. The lowest BCUT2D eigenvalue weighted by molar-refractivity contribution is 0.0509. The van der Waals surface area contributed by atoms with E-state index in [9.17, 15) is 4.79 Å². The fraction of sp³-hybridized carbons (Fsp3) is 0.700. The first-order valence-corrected chi connectivity index (χ1v) is 4.73. The minimum absolute atomic E-state index is 0.111. The number of ether oxygens (including phenoxy) is 1. The van der Waals surface area contributed by atoms with Gasteiger partial charge in [0.05, 0.1) is 12.1 Å². The summed E-state index contributed by atoms with van der Waals surface area (Å²) in [6, 6.07) is -0.111. The van der Waals surface area contributed by atoms with Crippen LogP contribution in [0.25, 0.3) is 0 Å². The molecule has 4 heteroatoms. The third kappa shape index (κ3) is 3.79. The molecule has 0 aromatic carbocycles. The number of hydrogen-bond donors (Lipinski definition) is 2. The van der Waals surface area contributed by atoms with Crippen LogP contribution in [0, 0.1) is 0 Å². The van der Waals surface area contributed by atoms with Crippen molar-refractivity contribution in [2.24, 2.45) is 0 Å². The average molecular weight is 199 g/mol. The molecule has 1 rings (SSSR count). The molecule has 0 unspecified atom stereocenters. The van der Waals surface area contributed by atoms with Crippen LogP contribution in [0.4, 0.5) is 4.79 Å². The molecule has 2 atom stereocenters. The number of nitrogens with one attached hydrogen (secondary N) is 1. The highest BCUT2D eigenvalue weighted by atomic mass is 16.6. The molecule has 0 heterocycles. The van der Waals surface area contributed by atoms with E-state index in [0.717, 1.165) is 0 Å². The van der Waals surface area contributed by atoms with Gasteiger partial charge in [0.2, 0.25) is 0 Å². The lowest BCUT2D eigenvalue weighted by Crippen LogP contribution is -2.38. The summed E-state index contributed by atoms with van der Waals surface area (Å²) in [5.74, 6) is 0. The van der Waals surface area contributed by atoms with Gasteiger partial charge in [0, 0.05) is 6.42 Å². The summed E-state index contributed by atoms with van der Waals surface area (Å²) >= 11 is 0. The van der Waals surface area contributed by atoms with Crippen LogP contribution in [0.1, 0.15) is 27.2 Å². The first kappa shape index (κ1) is 11.0. The summed E-state index contributed by atoms with van der Waals surface area (Å²) in [6.07, 6.45) is 3.08. The second kappa shape index (κ2) is 4.00. The monoisotopic (exact) mass is 199 g/mol. The molecular formula is C10H17NO3. The molecule has 0 spiro atoms. The van der Waals surface area contributed by atoms with Gasteiger partial charge in [-0.05, 0) is 20.8 Å². The van der Waals surface area contributed by atoms with E-state index in [1.165, 1.54) is 0 Å². The smallest absolute Gasteiger partial charge is 0.408 e. The lowest BCUT2D eigenvalue weighted by Gasteiger charge is -2.21. The predicted octanol–water partition coefficient (Wildman–Crippen LogP) is 1.20. The molecule has 0 fully saturated rings. The van der Waals surface area contributed by atoms with Crippen LogP contribution in [0.2, 0.25) is 0 Å². The SMILES string of the molecule is CC(C)(C)OC(=O)N[C@H]1C=C[C@@H](O)C1. The molecule has 0 bridgehead atoms. The van der Waals surface area contributed by atoms with Crippen molar-refractivity contribution in [2.45, 2.75) is 44.9 Å². The second-order valence-electron chi connectivity index (χ2n) is 4.44. The van der Waals surface area contributed by atoms with Crippen molar-refractivity contribution in [1.82, 2.24) is 5.32 Å². The van der Waals surface area contributed by atoms with Crippen molar-refractivity contribution in [3.05, 3.63) is 12.2 Å². The Morgan fingerprint density at radius 1 is 1.50 bits per heavy atom. The zero-order chi connectivity index (χ0) is 10.8. The van der Waals surface area contributed by atoms with Gasteiger partial charge in [-0.3, -0.25) is 0 Å². The first-order valence-electron chi connectivity index (χ1n) is 4.73. The third-order valence-corrected chi connectivity index (χ3v) is 1.76. The molecule has 0 radical (unpaired) electrons. The third-order valence-electron chi connectivity index (χ3n) is 1.76. The van der Waals surface area contributed by atoms with E-state index in [1.807, 2.05) is 20.8 Å². The predicted molar refractivity (Wildman–Crippen MR) is 52.9 cm³/mol. The normalized spacial score (nSPS) is 26.3. The van der Waals surface area contributed by atoms with Crippen LogP contribution in [-0.2, 0) is 4.74 Å². The zero-order valence-corrected chi connectivity index (χ0v) is 8.78. The number of carbonyl (C=O) groups excluding carboxylic acids is 1. The Hall–Kier alpha value is -1.03. The van der Waals surface area contributed by atoms with Crippen LogP contribution >= 0.6 is 0 Å². The van der Waals surface area contributed by atoms with Gasteiger partial charge in [-0.15, -0.1) is 0 Å². The number of aliphatic hydroxyl groups excluding tert-OH is 1. The Kier molecular flexibility index (Phi) is 3.16. The molecule has 14 heavy (non-hydrogen) atoms. The number of carbonyl (C=O) groups is 1. The van der Waals surface area contributed by atoms with Gasteiger partial charge in [-0.25, -0.2) is 4.79 Å². The molecule has 0 saturated heterocycles. The molecule has 80 valence electrons. The Morgan fingerprint density at radius 2 is 2.14 bits per heavy atom. The van der Waals surface area contributed by atoms with Crippen LogP contribution in [-0.4, -0.2) is 28.9 Å². The van der Waals surface area contributed by atoms with Gasteiger partial charge >= 0.3 is 6.09 Å². The Balaban J connectivity index is 2.32. The summed E-state index contributed by atoms with van der Waals surface area (Å²) in [5.41, 5.74) is -0.481. The number of rotatable bonds is 1. The standard InChI is InChI=1S/C10H17NO3/c1-10(2,3)14-9(13)11-7-4-5-8(12)6-7/h4-5,7-8,12H,6H2,1-3H3,(H,11,13)/t7-,8+/m0/s1. The lowest BCUT2D eigenvalue weighted by atomic mass is 10.2. The van der Waals surface area contributed by atoms with Gasteiger partial charge in [0.25, 0.3) is 0 Å². The van der Waals surface area contributed by atoms with E-state index in [1.54, 1.807) is 12.2 Å². The van der Waals surface area contributed by atoms with Crippen LogP contribution in [0.3, 0.4) is 0 Å². The molecule has 4 nitrogen and oxygen atoms in total. The molecule has 1 amide bonds. The molecule has 1 aliphatic carbocycles. The van der Waals surface area contributed by atoms with E-state index in [4.69, 9.17) is 9.84 Å². The van der Waals surface area contributed by atoms with Crippen LogP contribution < -0.4 is 5.32 Å². The van der Waals surface area contributed by atoms with Gasteiger partial charge < -0.3 is 15.2 Å². The van der Waals surface area contributed by atoms with Gasteiger partial charge in [-0.1, -0.05) is 12.2 Å². The highest BCUT2D eigenvalue weighted by molar-refractivity contribution is 5.68. The maximum Gasteiger partial charge on any atom is 0.408 e.